The lowest BCUT2D eigenvalue weighted by Gasteiger charge is -2.35. The van der Waals surface area contributed by atoms with Crippen molar-refractivity contribution in [3.8, 4) is 5.82 Å². The Balaban J connectivity index is 1.76. The van der Waals surface area contributed by atoms with Crippen LogP contribution in [0.5, 0.6) is 0 Å². The predicted octanol–water partition coefficient (Wildman–Crippen LogP) is 4.22. The summed E-state index contributed by atoms with van der Waals surface area (Å²) in [6.45, 7) is 0.612. The molecule has 1 N–H and O–H groups in total. The van der Waals surface area contributed by atoms with Gasteiger partial charge in [-0.15, -0.1) is 0 Å². The SMILES string of the molecule is CN(C)C(CNc1cnn(-c2ccc(C(F)(F)F)cn2)c(=O)c1Cl)C1CCCCC1. The number of anilines is 1. The molecular formula is C20H25ClF3N5O. The van der Waals surface area contributed by atoms with E-state index in [2.05, 4.69) is 20.3 Å². The number of rotatable bonds is 6. The second-order valence-corrected chi connectivity index (χ2v) is 8.18. The van der Waals surface area contributed by atoms with Crippen molar-refractivity contribution in [1.82, 2.24) is 19.7 Å². The highest BCUT2D eigenvalue weighted by Gasteiger charge is 2.31. The highest BCUT2D eigenvalue weighted by molar-refractivity contribution is 6.32. The van der Waals surface area contributed by atoms with E-state index in [0.29, 0.717) is 30.4 Å². The highest BCUT2D eigenvalue weighted by Crippen LogP contribution is 2.30. The van der Waals surface area contributed by atoms with E-state index < -0.39 is 17.3 Å². The molecule has 1 aliphatic rings. The quantitative estimate of drug-likeness (QED) is 0.724. The van der Waals surface area contributed by atoms with Gasteiger partial charge in [-0.2, -0.15) is 23.0 Å². The molecule has 10 heteroatoms. The summed E-state index contributed by atoms with van der Waals surface area (Å²) in [7, 11) is 4.07. The molecule has 3 rings (SSSR count). The zero-order chi connectivity index (χ0) is 21.9. The molecule has 1 fully saturated rings. The maximum absolute atomic E-state index is 12.7. The summed E-state index contributed by atoms with van der Waals surface area (Å²) in [4.78, 5) is 18.5. The summed E-state index contributed by atoms with van der Waals surface area (Å²) < 4.78 is 39.0. The lowest BCUT2D eigenvalue weighted by Crippen LogP contribution is -2.41. The number of nitrogens with one attached hydrogen (secondary N) is 1. The van der Waals surface area contributed by atoms with Crippen LogP contribution in [0.3, 0.4) is 0 Å². The van der Waals surface area contributed by atoms with E-state index in [1.807, 2.05) is 14.1 Å². The second-order valence-electron chi connectivity index (χ2n) is 7.80. The average molecular weight is 444 g/mol. The van der Waals surface area contributed by atoms with Gasteiger partial charge in [0.1, 0.15) is 5.02 Å². The van der Waals surface area contributed by atoms with Crippen molar-refractivity contribution in [3.63, 3.8) is 0 Å². The van der Waals surface area contributed by atoms with Gasteiger partial charge in [-0.1, -0.05) is 30.9 Å². The van der Waals surface area contributed by atoms with E-state index in [-0.39, 0.29) is 10.8 Å². The van der Waals surface area contributed by atoms with E-state index in [9.17, 15) is 18.0 Å². The normalized spacial score (nSPS) is 16.6. The fourth-order valence-corrected chi connectivity index (χ4v) is 4.10. The third-order valence-electron chi connectivity index (χ3n) is 5.57. The molecule has 0 spiro atoms. The summed E-state index contributed by atoms with van der Waals surface area (Å²) in [5.74, 6) is 0.541. The third kappa shape index (κ3) is 5.13. The van der Waals surface area contributed by atoms with Crippen molar-refractivity contribution in [2.45, 2.75) is 44.3 Å². The van der Waals surface area contributed by atoms with E-state index in [1.54, 1.807) is 0 Å². The number of alkyl halides is 3. The van der Waals surface area contributed by atoms with Crippen molar-refractivity contribution in [1.29, 1.82) is 0 Å². The summed E-state index contributed by atoms with van der Waals surface area (Å²) >= 11 is 6.24. The van der Waals surface area contributed by atoms with E-state index in [1.165, 1.54) is 38.3 Å². The molecule has 0 amide bonds. The van der Waals surface area contributed by atoms with E-state index >= 15 is 0 Å². The standard InChI is InChI=1S/C20H25ClF3N5O/c1-28(2)16(13-6-4-3-5-7-13)12-25-15-11-27-29(19(30)18(15)21)17-9-8-14(10-26-17)20(22,23)24/h8-11,13,16,25H,3-7,12H2,1-2H3. The van der Waals surface area contributed by atoms with Crippen LogP contribution in [0.25, 0.3) is 5.82 Å². The molecule has 0 radical (unpaired) electrons. The van der Waals surface area contributed by atoms with Gasteiger partial charge in [-0.25, -0.2) is 4.98 Å². The Morgan fingerprint density at radius 1 is 1.23 bits per heavy atom. The van der Waals surface area contributed by atoms with Crippen LogP contribution in [0.15, 0.2) is 29.3 Å². The highest BCUT2D eigenvalue weighted by atomic mass is 35.5. The molecule has 1 saturated carbocycles. The van der Waals surface area contributed by atoms with Crippen LogP contribution in [0.4, 0.5) is 18.9 Å². The van der Waals surface area contributed by atoms with Crippen LogP contribution in [-0.2, 0) is 6.18 Å². The Morgan fingerprint density at radius 2 is 1.93 bits per heavy atom. The molecule has 0 aliphatic heterocycles. The third-order valence-corrected chi connectivity index (χ3v) is 5.94. The number of aromatic nitrogens is 3. The van der Waals surface area contributed by atoms with Crippen LogP contribution in [0.2, 0.25) is 5.02 Å². The molecule has 2 heterocycles. The molecule has 0 aromatic carbocycles. The largest absolute Gasteiger partial charge is 0.417 e. The summed E-state index contributed by atoms with van der Waals surface area (Å²) in [5, 5.41) is 7.18. The molecule has 1 aliphatic carbocycles. The maximum Gasteiger partial charge on any atom is 0.417 e. The number of pyridine rings is 1. The Kier molecular flexibility index (Phi) is 7.02. The summed E-state index contributed by atoms with van der Waals surface area (Å²) in [5.41, 5.74) is -1.15. The predicted molar refractivity (Wildman–Crippen MR) is 110 cm³/mol. The lowest BCUT2D eigenvalue weighted by molar-refractivity contribution is -0.137. The molecule has 6 nitrogen and oxygen atoms in total. The lowest BCUT2D eigenvalue weighted by atomic mass is 9.83. The Bertz CT molecular complexity index is 908. The van der Waals surface area contributed by atoms with Crippen LogP contribution < -0.4 is 10.9 Å². The first-order valence-corrected chi connectivity index (χ1v) is 10.3. The number of halogens is 4. The minimum Gasteiger partial charge on any atom is -0.381 e. The van der Waals surface area contributed by atoms with Crippen LogP contribution in [0.1, 0.15) is 37.7 Å². The first-order valence-electron chi connectivity index (χ1n) is 9.90. The van der Waals surface area contributed by atoms with E-state index in [0.717, 1.165) is 16.8 Å². The smallest absolute Gasteiger partial charge is 0.381 e. The van der Waals surface area contributed by atoms with Crippen LogP contribution in [-0.4, -0.2) is 46.3 Å². The molecule has 1 unspecified atom stereocenters. The van der Waals surface area contributed by atoms with Crippen molar-refractivity contribution < 1.29 is 13.2 Å². The first-order chi connectivity index (χ1) is 14.2. The van der Waals surface area contributed by atoms with Crippen LogP contribution in [0, 0.1) is 5.92 Å². The van der Waals surface area contributed by atoms with Crippen molar-refractivity contribution in [2.24, 2.45) is 5.92 Å². The monoisotopic (exact) mass is 443 g/mol. The Labute approximate surface area is 178 Å². The second kappa shape index (κ2) is 9.34. The Morgan fingerprint density at radius 3 is 2.50 bits per heavy atom. The number of hydrogen-bond acceptors (Lipinski definition) is 5. The molecule has 164 valence electrons. The maximum atomic E-state index is 12.7. The fraction of sp³-hybridized carbons (Fsp3) is 0.550. The van der Waals surface area contributed by atoms with Gasteiger partial charge in [0.05, 0.1) is 17.4 Å². The molecule has 0 saturated heterocycles. The van der Waals surface area contributed by atoms with Crippen molar-refractivity contribution in [3.05, 3.63) is 45.5 Å². The molecule has 2 aromatic rings. The van der Waals surface area contributed by atoms with Gasteiger partial charge in [0.2, 0.25) is 0 Å². The van der Waals surface area contributed by atoms with Gasteiger partial charge >= 0.3 is 6.18 Å². The average Bonchev–Trinajstić information content (AvgIpc) is 2.71. The fourth-order valence-electron chi connectivity index (χ4n) is 3.90. The summed E-state index contributed by atoms with van der Waals surface area (Å²) in [6, 6.07) is 2.23. The molecule has 0 bridgehead atoms. The van der Waals surface area contributed by atoms with Crippen molar-refractivity contribution >= 4 is 17.3 Å². The zero-order valence-corrected chi connectivity index (χ0v) is 17.7. The minimum atomic E-state index is -4.50. The van der Waals surface area contributed by atoms with Gasteiger partial charge in [-0.05, 0) is 45.0 Å². The van der Waals surface area contributed by atoms with Gasteiger partial charge in [0, 0.05) is 18.8 Å². The Hall–Kier alpha value is -2.13. The van der Waals surface area contributed by atoms with Gasteiger partial charge < -0.3 is 10.2 Å². The van der Waals surface area contributed by atoms with Crippen LogP contribution >= 0.6 is 11.6 Å². The molecule has 1 atom stereocenters. The zero-order valence-electron chi connectivity index (χ0n) is 16.9. The number of likely N-dealkylation sites (N-methyl/N-ethyl adjacent to an activating group) is 1. The topological polar surface area (TPSA) is 63.1 Å². The van der Waals surface area contributed by atoms with Gasteiger partial charge in [0.25, 0.3) is 5.56 Å². The molecule has 30 heavy (non-hydrogen) atoms. The summed E-state index contributed by atoms with van der Waals surface area (Å²) in [6.07, 6.45) is 3.65. The van der Waals surface area contributed by atoms with Gasteiger partial charge in [0.15, 0.2) is 5.82 Å². The molecule has 2 aromatic heterocycles. The van der Waals surface area contributed by atoms with E-state index in [4.69, 9.17) is 11.6 Å². The minimum absolute atomic E-state index is 0.0326. The molecular weight excluding hydrogens is 419 g/mol. The first kappa shape index (κ1) is 22.6. The number of nitrogens with zero attached hydrogens (tertiary/aromatic N) is 4. The van der Waals surface area contributed by atoms with Gasteiger partial charge in [-0.3, -0.25) is 4.79 Å². The van der Waals surface area contributed by atoms with Crippen molar-refractivity contribution in [2.75, 3.05) is 26.0 Å². The number of hydrogen-bond donors (Lipinski definition) is 1.